The van der Waals surface area contributed by atoms with Crippen LogP contribution >= 0.6 is 0 Å². The van der Waals surface area contributed by atoms with Gasteiger partial charge in [0, 0.05) is 12.5 Å². The van der Waals surface area contributed by atoms with Gasteiger partial charge >= 0.3 is 12.1 Å². The molecule has 1 aliphatic rings. The number of carbonyl (C=O) groups excluding carboxylic acids is 4. The average molecular weight is 552 g/mol. The number of amides is 3. The zero-order valence-electron chi connectivity index (χ0n) is 24.4. The lowest BCUT2D eigenvalue weighted by molar-refractivity contribution is -0.145. The molecular weight excluding hydrogens is 510 g/mol. The highest BCUT2D eigenvalue weighted by Crippen LogP contribution is 2.41. The number of esters is 1. The molecule has 4 unspecified atom stereocenters. The van der Waals surface area contributed by atoms with Crippen LogP contribution < -0.4 is 10.6 Å². The Kier molecular flexibility index (Phi) is 9.95. The average Bonchev–Trinajstić information content (AvgIpc) is 3.61. The molecule has 0 aromatic heterocycles. The second-order valence-corrected chi connectivity index (χ2v) is 11.4. The fourth-order valence-electron chi connectivity index (χ4n) is 4.67. The van der Waals surface area contributed by atoms with Gasteiger partial charge in [0.2, 0.25) is 11.8 Å². The summed E-state index contributed by atoms with van der Waals surface area (Å²) in [5, 5.41) is 5.42. The Morgan fingerprint density at radius 2 is 1.68 bits per heavy atom. The Morgan fingerprint density at radius 3 is 2.25 bits per heavy atom. The third kappa shape index (κ3) is 8.07. The Labute approximate surface area is 236 Å². The lowest BCUT2D eigenvalue weighted by Gasteiger charge is -2.36. The summed E-state index contributed by atoms with van der Waals surface area (Å²) < 4.78 is 10.2. The molecule has 0 spiro atoms. The Morgan fingerprint density at radius 1 is 1.02 bits per heavy atom. The van der Waals surface area contributed by atoms with Crippen LogP contribution in [-0.2, 0) is 30.3 Å². The molecule has 9 nitrogen and oxygen atoms in total. The molecule has 3 amide bonds. The van der Waals surface area contributed by atoms with Crippen molar-refractivity contribution in [2.45, 2.75) is 78.1 Å². The van der Waals surface area contributed by atoms with Gasteiger partial charge in [-0.15, -0.1) is 0 Å². The molecule has 40 heavy (non-hydrogen) atoms. The maximum Gasteiger partial charge on any atom is 0.408 e. The van der Waals surface area contributed by atoms with E-state index < -0.39 is 41.6 Å². The van der Waals surface area contributed by atoms with Crippen LogP contribution in [0.3, 0.4) is 0 Å². The van der Waals surface area contributed by atoms with Crippen molar-refractivity contribution in [1.82, 2.24) is 15.5 Å². The quantitative estimate of drug-likeness (QED) is 0.432. The summed E-state index contributed by atoms with van der Waals surface area (Å²) in [4.78, 5) is 54.6. The second-order valence-electron chi connectivity index (χ2n) is 11.4. The lowest BCUT2D eigenvalue weighted by atomic mass is 9.94. The van der Waals surface area contributed by atoms with Crippen LogP contribution in [0.15, 0.2) is 48.5 Å². The zero-order chi connectivity index (χ0) is 29.6. The number of rotatable bonds is 10. The fourth-order valence-corrected chi connectivity index (χ4v) is 4.67. The van der Waals surface area contributed by atoms with E-state index in [-0.39, 0.29) is 24.9 Å². The standard InChI is InChI=1S/C31H41N3O6/c1-19-12-11-15-23(21(19)3)27(28(36)32-18-26(35)39-7)34(25-16-20(25)2)29(37)24(17-22-13-9-8-10-14-22)33-30(38)40-31(4,5)6/h8-15,20,24-25,27H,16-18H2,1-7H3,(H,32,36)(H,33,38). The van der Waals surface area contributed by atoms with Crippen molar-refractivity contribution in [3.05, 3.63) is 70.8 Å². The molecule has 3 rings (SSSR count). The molecule has 1 aliphatic carbocycles. The third-order valence-corrected chi connectivity index (χ3v) is 7.05. The smallest absolute Gasteiger partial charge is 0.408 e. The molecule has 4 atom stereocenters. The number of aryl methyl sites for hydroxylation is 1. The van der Waals surface area contributed by atoms with Crippen LogP contribution in [0, 0.1) is 19.8 Å². The van der Waals surface area contributed by atoms with Gasteiger partial charge in [0.05, 0.1) is 7.11 Å². The first-order valence-electron chi connectivity index (χ1n) is 13.6. The number of ether oxygens (including phenoxy) is 2. The molecule has 1 fully saturated rings. The van der Waals surface area contributed by atoms with E-state index in [1.165, 1.54) is 7.11 Å². The topological polar surface area (TPSA) is 114 Å². The van der Waals surface area contributed by atoms with E-state index in [9.17, 15) is 19.2 Å². The first-order valence-corrected chi connectivity index (χ1v) is 13.6. The van der Waals surface area contributed by atoms with Crippen molar-refractivity contribution in [1.29, 1.82) is 0 Å². The highest BCUT2D eigenvalue weighted by Gasteiger charge is 2.48. The second kappa shape index (κ2) is 13.0. The summed E-state index contributed by atoms with van der Waals surface area (Å²) in [6, 6.07) is 12.7. The van der Waals surface area contributed by atoms with Gasteiger partial charge in [-0.3, -0.25) is 14.4 Å². The molecule has 2 aromatic rings. The van der Waals surface area contributed by atoms with Crippen molar-refractivity contribution in [2.24, 2.45) is 5.92 Å². The largest absolute Gasteiger partial charge is 0.468 e. The maximum absolute atomic E-state index is 14.5. The van der Waals surface area contributed by atoms with Gasteiger partial charge in [-0.1, -0.05) is 55.5 Å². The van der Waals surface area contributed by atoms with Crippen molar-refractivity contribution in [2.75, 3.05) is 13.7 Å². The molecule has 2 N–H and O–H groups in total. The number of hydrogen-bond donors (Lipinski definition) is 2. The van der Waals surface area contributed by atoms with Gasteiger partial charge in [0.1, 0.15) is 24.2 Å². The lowest BCUT2D eigenvalue weighted by Crippen LogP contribution is -2.55. The summed E-state index contributed by atoms with van der Waals surface area (Å²) in [7, 11) is 1.24. The molecule has 2 aromatic carbocycles. The van der Waals surface area contributed by atoms with E-state index in [4.69, 9.17) is 9.47 Å². The third-order valence-electron chi connectivity index (χ3n) is 7.05. The van der Waals surface area contributed by atoms with Gasteiger partial charge < -0.3 is 25.0 Å². The van der Waals surface area contributed by atoms with Crippen LogP contribution in [0.1, 0.15) is 62.4 Å². The maximum atomic E-state index is 14.5. The minimum Gasteiger partial charge on any atom is -0.468 e. The highest BCUT2D eigenvalue weighted by atomic mass is 16.6. The van der Waals surface area contributed by atoms with Gasteiger partial charge in [-0.2, -0.15) is 0 Å². The van der Waals surface area contributed by atoms with Gasteiger partial charge in [-0.25, -0.2) is 4.79 Å². The monoisotopic (exact) mass is 551 g/mol. The van der Waals surface area contributed by atoms with Gasteiger partial charge in [0.15, 0.2) is 0 Å². The first-order chi connectivity index (χ1) is 18.8. The molecule has 1 saturated carbocycles. The van der Waals surface area contributed by atoms with Crippen LogP contribution in [0.4, 0.5) is 4.79 Å². The van der Waals surface area contributed by atoms with E-state index in [1.807, 2.05) is 69.3 Å². The predicted molar refractivity (Wildman–Crippen MR) is 151 cm³/mol. The summed E-state index contributed by atoms with van der Waals surface area (Å²) in [5.41, 5.74) is 2.58. The molecule has 9 heteroatoms. The molecule has 0 radical (unpaired) electrons. The molecule has 0 bridgehead atoms. The number of carbonyl (C=O) groups is 4. The summed E-state index contributed by atoms with van der Waals surface area (Å²) in [5.74, 6) is -1.34. The molecule has 216 valence electrons. The van der Waals surface area contributed by atoms with E-state index in [0.717, 1.165) is 16.7 Å². The van der Waals surface area contributed by atoms with Gasteiger partial charge in [0.25, 0.3) is 0 Å². The summed E-state index contributed by atoms with van der Waals surface area (Å²) in [6.07, 6.45) is 0.200. The van der Waals surface area contributed by atoms with E-state index in [1.54, 1.807) is 25.7 Å². The number of alkyl carbamates (subject to hydrolysis) is 1. The normalized spacial score (nSPS) is 17.7. The van der Waals surface area contributed by atoms with Crippen LogP contribution in [-0.4, -0.2) is 60.1 Å². The Bertz CT molecular complexity index is 1220. The summed E-state index contributed by atoms with van der Waals surface area (Å²) >= 11 is 0. The van der Waals surface area contributed by atoms with Crippen molar-refractivity contribution < 1.29 is 28.7 Å². The number of methoxy groups -OCH3 is 1. The van der Waals surface area contributed by atoms with Crippen molar-refractivity contribution >= 4 is 23.9 Å². The predicted octanol–water partition coefficient (Wildman–Crippen LogP) is 4.01. The first kappa shape index (κ1) is 30.7. The van der Waals surface area contributed by atoms with Crippen LogP contribution in [0.5, 0.6) is 0 Å². The minimum atomic E-state index is -1.02. The van der Waals surface area contributed by atoms with E-state index in [2.05, 4.69) is 10.6 Å². The Balaban J connectivity index is 2.06. The molecule has 0 heterocycles. The van der Waals surface area contributed by atoms with Crippen LogP contribution in [0.25, 0.3) is 0 Å². The summed E-state index contributed by atoms with van der Waals surface area (Å²) in [6.45, 7) is 10.8. The molecule has 0 saturated heterocycles. The highest BCUT2D eigenvalue weighted by molar-refractivity contribution is 5.94. The van der Waals surface area contributed by atoms with E-state index >= 15 is 0 Å². The Hall–Kier alpha value is -3.88. The number of nitrogens with one attached hydrogen (secondary N) is 2. The molecule has 0 aliphatic heterocycles. The molecular formula is C31H41N3O6. The van der Waals surface area contributed by atoms with Crippen molar-refractivity contribution in [3.63, 3.8) is 0 Å². The number of benzene rings is 2. The zero-order valence-corrected chi connectivity index (χ0v) is 24.4. The SMILES string of the molecule is COC(=O)CNC(=O)C(c1cccc(C)c1C)N(C(=O)C(Cc1ccccc1)NC(=O)OC(C)(C)C)C1CC1C. The minimum absolute atomic E-state index is 0.156. The van der Waals surface area contributed by atoms with E-state index in [0.29, 0.717) is 12.0 Å². The fraction of sp³-hybridized carbons (Fsp3) is 0.484. The van der Waals surface area contributed by atoms with Crippen LogP contribution in [0.2, 0.25) is 0 Å². The number of hydrogen-bond acceptors (Lipinski definition) is 6. The number of nitrogens with zero attached hydrogens (tertiary/aromatic N) is 1. The van der Waals surface area contributed by atoms with Gasteiger partial charge in [-0.05, 0) is 69.2 Å². The van der Waals surface area contributed by atoms with Crippen molar-refractivity contribution in [3.8, 4) is 0 Å².